The van der Waals surface area contributed by atoms with Gasteiger partial charge in [0.2, 0.25) is 21.8 Å². The number of aromatic nitrogens is 1. The molecule has 0 aliphatic heterocycles. The molecule has 1 aliphatic carbocycles. The van der Waals surface area contributed by atoms with Crippen molar-refractivity contribution in [1.82, 2.24) is 20.3 Å². The van der Waals surface area contributed by atoms with Crippen LogP contribution in [0.1, 0.15) is 44.1 Å². The van der Waals surface area contributed by atoms with Crippen LogP contribution in [0.5, 0.6) is 0 Å². The molecule has 3 aromatic rings. The zero-order chi connectivity index (χ0) is 27.1. The van der Waals surface area contributed by atoms with Gasteiger partial charge in [-0.3, -0.25) is 9.59 Å². The molecule has 0 saturated heterocycles. The van der Waals surface area contributed by atoms with Gasteiger partial charge in [-0.1, -0.05) is 30.7 Å². The van der Waals surface area contributed by atoms with Gasteiger partial charge in [-0.25, -0.2) is 12.8 Å². The van der Waals surface area contributed by atoms with Gasteiger partial charge in [-0.05, 0) is 68.5 Å². The summed E-state index contributed by atoms with van der Waals surface area (Å²) in [6, 6.07) is 10.2. The summed E-state index contributed by atoms with van der Waals surface area (Å²) in [4.78, 5) is 29.6. The lowest BCUT2D eigenvalue weighted by Gasteiger charge is -2.29. The second kappa shape index (κ2) is 12.5. The number of hydrogen-bond donors (Lipinski definition) is 5. The first-order valence-electron chi connectivity index (χ1n) is 12.9. The first-order chi connectivity index (χ1) is 18.3. The number of rotatable bonds is 13. The molecule has 1 saturated carbocycles. The van der Waals surface area contributed by atoms with Crippen LogP contribution in [0.2, 0.25) is 0 Å². The number of amides is 2. The maximum Gasteiger partial charge on any atom is 0.243 e. The second-order valence-electron chi connectivity index (χ2n) is 9.68. The summed E-state index contributed by atoms with van der Waals surface area (Å²) in [5, 5.41) is 6.72. The lowest BCUT2D eigenvalue weighted by molar-refractivity contribution is -0.130. The molecule has 11 heteroatoms. The van der Waals surface area contributed by atoms with Gasteiger partial charge < -0.3 is 21.4 Å². The lowest BCUT2D eigenvalue weighted by Crippen LogP contribution is -2.56. The predicted octanol–water partition coefficient (Wildman–Crippen LogP) is 2.48. The van der Waals surface area contributed by atoms with E-state index in [1.165, 1.54) is 12.1 Å². The van der Waals surface area contributed by atoms with E-state index in [1.54, 1.807) is 0 Å². The molecule has 4 rings (SSSR count). The number of carbonyl (C=O) groups excluding carboxylic acids is 2. The van der Waals surface area contributed by atoms with Crippen LogP contribution in [-0.4, -0.2) is 49.9 Å². The van der Waals surface area contributed by atoms with Gasteiger partial charge in [0, 0.05) is 29.6 Å². The molecule has 1 aliphatic rings. The Bertz CT molecular complexity index is 1370. The van der Waals surface area contributed by atoms with E-state index in [2.05, 4.69) is 20.3 Å². The molecule has 38 heavy (non-hydrogen) atoms. The average molecular weight is 544 g/mol. The highest BCUT2D eigenvalue weighted by molar-refractivity contribution is 7.89. The van der Waals surface area contributed by atoms with Gasteiger partial charge in [-0.15, -0.1) is 0 Å². The number of aromatic amines is 1. The molecule has 2 atom stereocenters. The number of carbonyl (C=O) groups is 2. The number of H-pyrrole nitrogens is 1. The topological polar surface area (TPSA) is 146 Å². The summed E-state index contributed by atoms with van der Waals surface area (Å²) in [5.74, 6) is -1.65. The van der Waals surface area contributed by atoms with E-state index >= 15 is 0 Å². The normalized spacial score (nSPS) is 15.5. The van der Waals surface area contributed by atoms with Crippen LogP contribution in [0.4, 0.5) is 4.39 Å². The number of nitrogens with two attached hydrogens (primary N) is 1. The Balaban J connectivity index is 1.55. The molecule has 204 valence electrons. The van der Waals surface area contributed by atoms with Crippen LogP contribution >= 0.6 is 0 Å². The molecular formula is C27H34FN5O4S. The Labute approximate surface area is 221 Å². The molecule has 6 N–H and O–H groups in total. The maximum absolute atomic E-state index is 13.7. The number of nitrogens with one attached hydrogen (secondary N) is 4. The van der Waals surface area contributed by atoms with E-state index in [4.69, 9.17) is 5.73 Å². The molecule has 0 unspecified atom stereocenters. The first-order valence-corrected chi connectivity index (χ1v) is 14.4. The molecule has 0 spiro atoms. The number of fused-ring (bicyclic) bond motifs is 1. The van der Waals surface area contributed by atoms with Gasteiger partial charge in [0.15, 0.2) is 0 Å². The van der Waals surface area contributed by atoms with Crippen LogP contribution in [0, 0.1) is 5.82 Å². The summed E-state index contributed by atoms with van der Waals surface area (Å²) in [6.45, 7) is 0.387. The Hall–Kier alpha value is -3.28. The Morgan fingerprint density at radius 3 is 2.55 bits per heavy atom. The minimum absolute atomic E-state index is 0.0664. The van der Waals surface area contributed by atoms with Crippen molar-refractivity contribution in [3.63, 3.8) is 0 Å². The Kier molecular flexibility index (Phi) is 9.13. The number of para-hydroxylation sites is 1. The molecule has 9 nitrogen and oxygen atoms in total. The molecule has 0 radical (unpaired) electrons. The number of unbranched alkanes of at least 4 members (excludes halogenated alkanes) is 1. The number of halogens is 1. The summed E-state index contributed by atoms with van der Waals surface area (Å²) >= 11 is 0. The standard InChI is InChI=1S/C27H34FN5O4S/c28-19-7-5-10-21(16-19)38(36,37)33-24(13-3-4-14-29)26(34)32-25(27(35)31-20-8-6-9-20)15-18-17-30-23-12-2-1-11-22(18)23/h1-2,5,7,10-12,16-17,20,24-25,30,33H,3-4,6,8-9,13-15,29H2,(H,31,35)(H,32,34)/t24-,25-/m0/s1. The van der Waals surface area contributed by atoms with Gasteiger partial charge >= 0.3 is 0 Å². The predicted molar refractivity (Wildman–Crippen MR) is 143 cm³/mol. The van der Waals surface area contributed by atoms with Crippen molar-refractivity contribution in [2.75, 3.05) is 6.54 Å². The van der Waals surface area contributed by atoms with Crippen LogP contribution in [0.25, 0.3) is 10.9 Å². The number of sulfonamides is 1. The van der Waals surface area contributed by atoms with Crippen LogP contribution in [0.15, 0.2) is 59.6 Å². The minimum atomic E-state index is -4.20. The maximum atomic E-state index is 13.7. The molecule has 1 heterocycles. The van der Waals surface area contributed by atoms with Crippen molar-refractivity contribution in [1.29, 1.82) is 0 Å². The fourth-order valence-electron chi connectivity index (χ4n) is 4.48. The number of hydrogen-bond acceptors (Lipinski definition) is 5. The molecule has 2 amide bonds. The summed E-state index contributed by atoms with van der Waals surface area (Å²) in [6.07, 6.45) is 6.08. The lowest BCUT2D eigenvalue weighted by atomic mass is 9.92. The van der Waals surface area contributed by atoms with E-state index < -0.39 is 33.8 Å². The third-order valence-electron chi connectivity index (χ3n) is 6.85. The fourth-order valence-corrected chi connectivity index (χ4v) is 5.74. The first kappa shape index (κ1) is 27.7. The fraction of sp³-hybridized carbons (Fsp3) is 0.407. The monoisotopic (exact) mass is 543 g/mol. The smallest absolute Gasteiger partial charge is 0.243 e. The summed E-state index contributed by atoms with van der Waals surface area (Å²) < 4.78 is 42.1. The quantitative estimate of drug-likeness (QED) is 0.210. The van der Waals surface area contributed by atoms with Crippen molar-refractivity contribution in [3.05, 3.63) is 66.1 Å². The van der Waals surface area contributed by atoms with E-state index in [9.17, 15) is 22.4 Å². The summed E-state index contributed by atoms with van der Waals surface area (Å²) in [5.41, 5.74) is 7.36. The third kappa shape index (κ3) is 6.97. The van der Waals surface area contributed by atoms with Crippen molar-refractivity contribution in [2.24, 2.45) is 5.73 Å². The van der Waals surface area contributed by atoms with Gasteiger partial charge in [0.05, 0.1) is 4.90 Å². The average Bonchev–Trinajstić information content (AvgIpc) is 3.28. The van der Waals surface area contributed by atoms with Crippen LogP contribution < -0.4 is 21.1 Å². The summed E-state index contributed by atoms with van der Waals surface area (Å²) in [7, 11) is -4.20. The zero-order valence-electron chi connectivity index (χ0n) is 21.1. The molecule has 1 fully saturated rings. The Morgan fingerprint density at radius 1 is 1.05 bits per heavy atom. The van der Waals surface area contributed by atoms with Crippen molar-refractivity contribution >= 4 is 32.7 Å². The van der Waals surface area contributed by atoms with E-state index in [0.29, 0.717) is 19.4 Å². The molecule has 2 aromatic carbocycles. The highest BCUT2D eigenvalue weighted by Gasteiger charge is 2.31. The van der Waals surface area contributed by atoms with Gasteiger partial charge in [0.25, 0.3) is 0 Å². The molecule has 1 aromatic heterocycles. The largest absolute Gasteiger partial charge is 0.361 e. The number of benzene rings is 2. The van der Waals surface area contributed by atoms with Gasteiger partial charge in [-0.2, -0.15) is 4.72 Å². The highest BCUT2D eigenvalue weighted by Crippen LogP contribution is 2.21. The minimum Gasteiger partial charge on any atom is -0.361 e. The second-order valence-corrected chi connectivity index (χ2v) is 11.4. The zero-order valence-corrected chi connectivity index (χ0v) is 21.9. The third-order valence-corrected chi connectivity index (χ3v) is 8.32. The van der Waals surface area contributed by atoms with Gasteiger partial charge in [0.1, 0.15) is 17.9 Å². The van der Waals surface area contributed by atoms with E-state index in [0.717, 1.165) is 47.9 Å². The molecular weight excluding hydrogens is 509 g/mol. The Morgan fingerprint density at radius 2 is 1.84 bits per heavy atom. The van der Waals surface area contributed by atoms with Crippen molar-refractivity contribution < 1.29 is 22.4 Å². The SMILES string of the molecule is NCCCC[C@H](NS(=O)(=O)c1cccc(F)c1)C(=O)N[C@@H](Cc1c[nH]c2ccccc12)C(=O)NC1CCC1. The highest BCUT2D eigenvalue weighted by atomic mass is 32.2. The van der Waals surface area contributed by atoms with Crippen molar-refractivity contribution in [3.8, 4) is 0 Å². The molecule has 0 bridgehead atoms. The van der Waals surface area contributed by atoms with E-state index in [1.807, 2.05) is 30.5 Å². The van der Waals surface area contributed by atoms with E-state index in [-0.39, 0.29) is 29.7 Å². The van der Waals surface area contributed by atoms with Crippen LogP contribution in [-0.2, 0) is 26.0 Å². The van der Waals surface area contributed by atoms with Crippen LogP contribution in [0.3, 0.4) is 0 Å². The van der Waals surface area contributed by atoms with Crippen molar-refractivity contribution in [2.45, 2.75) is 68.0 Å².